The second kappa shape index (κ2) is 22.7. The maximum absolute atomic E-state index is 12.7. The van der Waals surface area contributed by atoms with Crippen molar-refractivity contribution in [2.75, 3.05) is 33.5 Å². The summed E-state index contributed by atoms with van der Waals surface area (Å²) >= 11 is 1.81. The first kappa shape index (κ1) is 43.9. The van der Waals surface area contributed by atoms with Gasteiger partial charge >= 0.3 is 28.5 Å². The van der Waals surface area contributed by atoms with Gasteiger partial charge in [-0.15, -0.1) is 0 Å². The molecule has 5 rings (SSSR count). The standard InChI is InChI=1S/C47H36O11S2/c1-4-43(48)54-24-26-56-46(51)59-39-19-12-32(13-20-39)6-8-34-10-17-38-29-36(11-18-37(38)28-34)31-58-42-23-16-35(30-41(42)45(50)53-3)9-7-33-14-21-40(22-15-33)60-47(52)57-27-25-55-44(49)5-2/h4-5,10-23,28-30H,1-2,24-27,31H2,3H3. The summed E-state index contributed by atoms with van der Waals surface area (Å²) in [4.78, 5) is 60.3. The average molecular weight is 841 g/mol. The van der Waals surface area contributed by atoms with Crippen LogP contribution in [0.2, 0.25) is 0 Å². The Morgan fingerprint density at radius 3 is 1.53 bits per heavy atom. The topological polar surface area (TPSA) is 141 Å². The Balaban J connectivity index is 1.14. The highest BCUT2D eigenvalue weighted by atomic mass is 32.2. The summed E-state index contributed by atoms with van der Waals surface area (Å²) in [6.07, 6.45) is 2.07. The van der Waals surface area contributed by atoms with E-state index in [1.165, 1.54) is 7.11 Å². The van der Waals surface area contributed by atoms with E-state index in [4.69, 9.17) is 28.4 Å². The largest absolute Gasteiger partial charge is 0.488 e. The second-order valence-electron chi connectivity index (χ2n) is 12.1. The lowest BCUT2D eigenvalue weighted by molar-refractivity contribution is -0.139. The molecule has 0 N–H and O–H groups in total. The Bertz CT molecular complexity index is 2520. The molecule has 0 radical (unpaired) electrons. The minimum absolute atomic E-state index is 0.0451. The van der Waals surface area contributed by atoms with E-state index in [1.807, 2.05) is 48.5 Å². The number of carbonyl (C=O) groups excluding carboxylic acids is 5. The van der Waals surface area contributed by atoms with Crippen molar-refractivity contribution in [1.29, 1.82) is 0 Å². The zero-order valence-electron chi connectivity index (χ0n) is 32.2. The Kier molecular flexibility index (Phi) is 16.6. The van der Waals surface area contributed by atoms with E-state index in [2.05, 4.69) is 36.8 Å². The Labute approximate surface area is 355 Å². The molecule has 0 unspecified atom stereocenters. The van der Waals surface area contributed by atoms with Gasteiger partial charge in [0.25, 0.3) is 0 Å². The first-order valence-corrected chi connectivity index (χ1v) is 19.7. The van der Waals surface area contributed by atoms with Crippen molar-refractivity contribution in [3.63, 3.8) is 0 Å². The van der Waals surface area contributed by atoms with Crippen LogP contribution in [0.25, 0.3) is 10.8 Å². The smallest absolute Gasteiger partial charge is 0.372 e. The van der Waals surface area contributed by atoms with E-state index < -0.39 is 28.5 Å². The van der Waals surface area contributed by atoms with Gasteiger partial charge in [0.1, 0.15) is 44.3 Å². The molecule has 302 valence electrons. The van der Waals surface area contributed by atoms with Crippen molar-refractivity contribution in [1.82, 2.24) is 0 Å². The number of carbonyl (C=O) groups is 5. The van der Waals surface area contributed by atoms with Gasteiger partial charge in [-0.3, -0.25) is 0 Å². The number of benzene rings is 5. The van der Waals surface area contributed by atoms with Crippen LogP contribution in [-0.2, 0) is 39.9 Å². The Morgan fingerprint density at radius 1 is 0.550 bits per heavy atom. The fourth-order valence-corrected chi connectivity index (χ4v) is 6.25. The molecular formula is C47H36O11S2. The predicted octanol–water partition coefficient (Wildman–Crippen LogP) is 8.92. The van der Waals surface area contributed by atoms with Crippen LogP contribution in [0, 0.1) is 23.7 Å². The summed E-state index contributed by atoms with van der Waals surface area (Å²) in [6.45, 7) is 6.57. The lowest BCUT2D eigenvalue weighted by atomic mass is 10.0. The van der Waals surface area contributed by atoms with Crippen molar-refractivity contribution in [2.24, 2.45) is 0 Å². The number of methoxy groups -OCH3 is 1. The summed E-state index contributed by atoms with van der Waals surface area (Å²) in [7, 11) is 1.30. The maximum atomic E-state index is 12.7. The zero-order valence-corrected chi connectivity index (χ0v) is 33.9. The highest BCUT2D eigenvalue weighted by Gasteiger charge is 2.15. The van der Waals surface area contributed by atoms with Crippen LogP contribution in [0.5, 0.6) is 5.75 Å². The molecule has 0 aliphatic heterocycles. The van der Waals surface area contributed by atoms with Crippen LogP contribution in [0.1, 0.15) is 38.2 Å². The van der Waals surface area contributed by atoms with Gasteiger partial charge in [0, 0.05) is 44.2 Å². The molecule has 0 amide bonds. The maximum Gasteiger partial charge on any atom is 0.372 e. The van der Waals surface area contributed by atoms with Crippen molar-refractivity contribution >= 4 is 62.8 Å². The first-order chi connectivity index (χ1) is 29.1. The molecule has 0 saturated heterocycles. The summed E-state index contributed by atoms with van der Waals surface area (Å²) < 4.78 is 30.8. The van der Waals surface area contributed by atoms with E-state index in [0.717, 1.165) is 63.1 Å². The molecule has 60 heavy (non-hydrogen) atoms. The molecular weight excluding hydrogens is 805 g/mol. The average Bonchev–Trinajstić information content (AvgIpc) is 3.27. The SMILES string of the molecule is C=CC(=O)OCCOC(=O)Sc1ccc(C#Cc2ccc(OCc3ccc4cc(C#Cc5ccc(SC(=O)OCCOC(=O)C=C)cc5)ccc4c3)c(C(=O)OC)c2)cc1. The molecule has 0 bridgehead atoms. The summed E-state index contributed by atoms with van der Waals surface area (Å²) in [5.41, 5.74) is 3.98. The van der Waals surface area contributed by atoms with Crippen LogP contribution >= 0.6 is 23.5 Å². The van der Waals surface area contributed by atoms with Gasteiger partial charge in [-0.05, 0) is 125 Å². The van der Waals surface area contributed by atoms with Gasteiger partial charge in [0.05, 0.1) is 7.11 Å². The Hall–Kier alpha value is -7.19. The molecule has 0 aliphatic rings. The van der Waals surface area contributed by atoms with Crippen LogP contribution < -0.4 is 4.74 Å². The number of ether oxygens (including phenoxy) is 6. The van der Waals surface area contributed by atoms with Crippen molar-refractivity contribution in [3.05, 3.63) is 162 Å². The minimum atomic E-state index is -0.591. The fraction of sp³-hybridized carbons (Fsp3) is 0.128. The second-order valence-corrected chi connectivity index (χ2v) is 14.1. The van der Waals surface area contributed by atoms with Gasteiger partial charge in [-0.2, -0.15) is 0 Å². The molecule has 0 heterocycles. The molecule has 5 aromatic rings. The number of thioether (sulfide) groups is 2. The summed E-state index contributed by atoms with van der Waals surface area (Å²) in [5, 5.41) is 0.930. The fourth-order valence-electron chi connectivity index (χ4n) is 5.03. The number of hydrogen-bond donors (Lipinski definition) is 0. The third-order valence-corrected chi connectivity index (χ3v) is 9.51. The van der Waals surface area contributed by atoms with Gasteiger partial charge in [0.2, 0.25) is 0 Å². The molecule has 0 atom stereocenters. The number of esters is 3. The molecule has 0 fully saturated rings. The molecule has 11 nitrogen and oxygen atoms in total. The molecule has 0 aliphatic carbocycles. The molecule has 0 saturated carbocycles. The third-order valence-electron chi connectivity index (χ3n) is 7.93. The van der Waals surface area contributed by atoms with Crippen molar-refractivity contribution in [2.45, 2.75) is 16.4 Å². The molecule has 0 spiro atoms. The van der Waals surface area contributed by atoms with Crippen molar-refractivity contribution in [3.8, 4) is 29.4 Å². The van der Waals surface area contributed by atoms with Gasteiger partial charge in [-0.25, -0.2) is 24.0 Å². The van der Waals surface area contributed by atoms with E-state index in [9.17, 15) is 24.0 Å². The number of hydrogen-bond acceptors (Lipinski definition) is 13. The van der Waals surface area contributed by atoms with Crippen LogP contribution in [-0.4, -0.2) is 62.0 Å². The van der Waals surface area contributed by atoms with E-state index in [0.29, 0.717) is 26.7 Å². The van der Waals surface area contributed by atoms with Crippen LogP contribution in [0.4, 0.5) is 9.59 Å². The van der Waals surface area contributed by atoms with E-state index >= 15 is 0 Å². The van der Waals surface area contributed by atoms with Crippen molar-refractivity contribution < 1.29 is 52.4 Å². The number of rotatable bonds is 14. The van der Waals surface area contributed by atoms with E-state index in [-0.39, 0.29) is 38.6 Å². The first-order valence-electron chi connectivity index (χ1n) is 18.0. The lowest BCUT2D eigenvalue weighted by Crippen LogP contribution is -2.09. The zero-order chi connectivity index (χ0) is 42.7. The van der Waals surface area contributed by atoms with Gasteiger partial charge < -0.3 is 28.4 Å². The van der Waals surface area contributed by atoms with Crippen LogP contribution in [0.3, 0.4) is 0 Å². The third kappa shape index (κ3) is 14.0. The normalized spacial score (nSPS) is 10.1. The van der Waals surface area contributed by atoms with Gasteiger partial charge in [-0.1, -0.05) is 55.0 Å². The Morgan fingerprint density at radius 2 is 1.00 bits per heavy atom. The minimum Gasteiger partial charge on any atom is -0.488 e. The van der Waals surface area contributed by atoms with E-state index in [1.54, 1.807) is 54.6 Å². The predicted molar refractivity (Wildman–Crippen MR) is 228 cm³/mol. The highest BCUT2D eigenvalue weighted by Crippen LogP contribution is 2.25. The molecule has 5 aromatic carbocycles. The molecule has 13 heteroatoms. The van der Waals surface area contributed by atoms with Gasteiger partial charge in [0.15, 0.2) is 0 Å². The highest BCUT2D eigenvalue weighted by molar-refractivity contribution is 8.13. The molecule has 0 aromatic heterocycles. The van der Waals surface area contributed by atoms with Crippen LogP contribution in [0.15, 0.2) is 138 Å². The summed E-state index contributed by atoms with van der Waals surface area (Å²) in [5.74, 6) is 11.1. The summed E-state index contributed by atoms with van der Waals surface area (Å²) in [6, 6.07) is 31.1. The lowest BCUT2D eigenvalue weighted by Gasteiger charge is -2.11. The quantitative estimate of drug-likeness (QED) is 0.0263. The monoisotopic (exact) mass is 840 g/mol. The number of fused-ring (bicyclic) bond motifs is 1.